The zero-order valence-corrected chi connectivity index (χ0v) is 20.4. The molecule has 1 atom stereocenters. The zero-order valence-electron chi connectivity index (χ0n) is 20.4. The Kier molecular flexibility index (Phi) is 6.06. The van der Waals surface area contributed by atoms with E-state index in [9.17, 15) is 14.4 Å². The van der Waals surface area contributed by atoms with E-state index in [4.69, 9.17) is 0 Å². The van der Waals surface area contributed by atoms with Crippen LogP contribution in [0.4, 0.5) is 0 Å². The molecule has 0 aliphatic carbocycles. The standard InChI is InChI=1S/C29H27N3O4/c1-18-12-14-19(15-13-18)27-26(22-10-6-7-11-23(22)31(27)2)28-20-8-4-5-9-21(20)29(35)32(28)17-24(33)30-16-25(34)36-3/h4-15,28H,16-17H2,1-3H3,(H,30,33). The van der Waals surface area contributed by atoms with Gasteiger partial charge in [-0.05, 0) is 30.2 Å². The molecule has 1 aliphatic rings. The van der Waals surface area contributed by atoms with E-state index in [2.05, 4.69) is 51.0 Å². The second-order valence-corrected chi connectivity index (χ2v) is 8.98. The number of benzene rings is 3. The van der Waals surface area contributed by atoms with E-state index in [1.165, 1.54) is 7.11 Å². The number of ether oxygens (including phenoxy) is 1. The van der Waals surface area contributed by atoms with Gasteiger partial charge in [0.1, 0.15) is 13.1 Å². The average molecular weight is 482 g/mol. The van der Waals surface area contributed by atoms with E-state index in [1.54, 1.807) is 11.0 Å². The summed E-state index contributed by atoms with van der Waals surface area (Å²) >= 11 is 0. The van der Waals surface area contributed by atoms with Crippen molar-refractivity contribution in [2.75, 3.05) is 20.2 Å². The second-order valence-electron chi connectivity index (χ2n) is 8.98. The number of aromatic nitrogens is 1. The molecule has 1 aliphatic heterocycles. The molecule has 2 heterocycles. The molecule has 182 valence electrons. The van der Waals surface area contributed by atoms with Gasteiger partial charge in [-0.1, -0.05) is 66.2 Å². The molecular weight excluding hydrogens is 454 g/mol. The van der Waals surface area contributed by atoms with Gasteiger partial charge in [-0.15, -0.1) is 0 Å². The van der Waals surface area contributed by atoms with Crippen LogP contribution in [0.25, 0.3) is 22.2 Å². The smallest absolute Gasteiger partial charge is 0.325 e. The maximum Gasteiger partial charge on any atom is 0.325 e. The first-order chi connectivity index (χ1) is 17.4. The molecule has 1 unspecified atom stereocenters. The highest BCUT2D eigenvalue weighted by molar-refractivity contribution is 6.04. The fourth-order valence-electron chi connectivity index (χ4n) is 5.06. The first-order valence-electron chi connectivity index (χ1n) is 11.8. The Balaban J connectivity index is 1.68. The second kappa shape index (κ2) is 9.34. The number of amides is 2. The van der Waals surface area contributed by atoms with Crippen molar-refractivity contribution in [3.05, 3.63) is 95.1 Å². The highest BCUT2D eigenvalue weighted by Gasteiger charge is 2.41. The lowest BCUT2D eigenvalue weighted by atomic mass is 9.93. The van der Waals surface area contributed by atoms with E-state index in [-0.39, 0.29) is 19.0 Å². The predicted octanol–water partition coefficient (Wildman–Crippen LogP) is 3.99. The van der Waals surface area contributed by atoms with Crippen molar-refractivity contribution in [3.8, 4) is 11.3 Å². The normalized spacial score (nSPS) is 14.7. The molecule has 5 rings (SSSR count). The van der Waals surface area contributed by atoms with E-state index < -0.39 is 17.9 Å². The molecule has 2 amide bonds. The Hall–Kier alpha value is -4.39. The first kappa shape index (κ1) is 23.4. The summed E-state index contributed by atoms with van der Waals surface area (Å²) in [7, 11) is 3.29. The molecule has 0 radical (unpaired) electrons. The zero-order chi connectivity index (χ0) is 25.4. The number of fused-ring (bicyclic) bond motifs is 2. The number of aryl methyl sites for hydroxylation is 2. The monoisotopic (exact) mass is 481 g/mol. The minimum atomic E-state index is -0.549. The van der Waals surface area contributed by atoms with Gasteiger partial charge in [-0.3, -0.25) is 14.4 Å². The molecule has 0 saturated heterocycles. The summed E-state index contributed by atoms with van der Waals surface area (Å²) in [5.41, 5.74) is 6.61. The third kappa shape index (κ3) is 3.92. The van der Waals surface area contributed by atoms with Crippen LogP contribution >= 0.6 is 0 Å². The van der Waals surface area contributed by atoms with Crippen LogP contribution in [0.3, 0.4) is 0 Å². The van der Waals surface area contributed by atoms with Crippen molar-refractivity contribution in [3.63, 3.8) is 0 Å². The SMILES string of the molecule is COC(=O)CNC(=O)CN1C(=O)c2ccccc2C1c1c(-c2ccc(C)cc2)n(C)c2ccccc12. The summed E-state index contributed by atoms with van der Waals surface area (Å²) < 4.78 is 6.77. The lowest BCUT2D eigenvalue weighted by molar-refractivity contribution is -0.141. The van der Waals surface area contributed by atoms with E-state index >= 15 is 0 Å². The Morgan fingerprint density at radius 2 is 1.67 bits per heavy atom. The third-order valence-corrected chi connectivity index (χ3v) is 6.77. The van der Waals surface area contributed by atoms with Gasteiger partial charge < -0.3 is 19.5 Å². The fourth-order valence-corrected chi connectivity index (χ4v) is 5.06. The number of esters is 1. The lowest BCUT2D eigenvalue weighted by Crippen LogP contribution is -2.41. The highest BCUT2D eigenvalue weighted by atomic mass is 16.5. The van der Waals surface area contributed by atoms with Crippen LogP contribution in [0.2, 0.25) is 0 Å². The number of carbonyl (C=O) groups excluding carboxylic acids is 3. The number of hydrogen-bond donors (Lipinski definition) is 1. The minimum absolute atomic E-state index is 0.189. The molecule has 4 aromatic rings. The van der Waals surface area contributed by atoms with Gasteiger partial charge in [0, 0.05) is 29.1 Å². The molecule has 1 N–H and O–H groups in total. The molecule has 3 aromatic carbocycles. The quantitative estimate of drug-likeness (QED) is 0.423. The number of nitrogens with one attached hydrogen (secondary N) is 1. The number of para-hydroxylation sites is 1. The van der Waals surface area contributed by atoms with Gasteiger partial charge in [0.2, 0.25) is 5.91 Å². The molecule has 7 nitrogen and oxygen atoms in total. The van der Waals surface area contributed by atoms with Gasteiger partial charge >= 0.3 is 5.97 Å². The first-order valence-corrected chi connectivity index (χ1v) is 11.8. The molecule has 0 spiro atoms. The average Bonchev–Trinajstić information content (AvgIpc) is 3.34. The van der Waals surface area contributed by atoms with Crippen molar-refractivity contribution in [2.45, 2.75) is 13.0 Å². The van der Waals surface area contributed by atoms with Crippen LogP contribution in [0.5, 0.6) is 0 Å². The van der Waals surface area contributed by atoms with Crippen molar-refractivity contribution in [2.24, 2.45) is 7.05 Å². The summed E-state index contributed by atoms with van der Waals surface area (Å²) in [6, 6.07) is 23.4. The summed E-state index contributed by atoms with van der Waals surface area (Å²) in [5, 5.41) is 3.58. The van der Waals surface area contributed by atoms with Gasteiger partial charge in [0.25, 0.3) is 5.91 Å². The Morgan fingerprint density at radius 3 is 2.42 bits per heavy atom. The summed E-state index contributed by atoms with van der Waals surface area (Å²) in [5.74, 6) is -1.19. The molecule has 0 fully saturated rings. The Labute approximate surface area is 209 Å². The van der Waals surface area contributed by atoms with Crippen molar-refractivity contribution < 1.29 is 19.1 Å². The number of nitrogens with zero attached hydrogens (tertiary/aromatic N) is 2. The van der Waals surface area contributed by atoms with Gasteiger partial charge in [0.05, 0.1) is 18.8 Å². The number of methoxy groups -OCH3 is 1. The molecule has 7 heteroatoms. The number of hydrogen-bond acceptors (Lipinski definition) is 4. The van der Waals surface area contributed by atoms with Crippen LogP contribution in [-0.4, -0.2) is 47.4 Å². The molecular formula is C29H27N3O4. The van der Waals surface area contributed by atoms with Crippen molar-refractivity contribution in [1.29, 1.82) is 0 Å². The van der Waals surface area contributed by atoms with Crippen LogP contribution in [0.1, 0.15) is 33.1 Å². The maximum atomic E-state index is 13.6. The predicted molar refractivity (Wildman–Crippen MR) is 137 cm³/mol. The van der Waals surface area contributed by atoms with Crippen LogP contribution < -0.4 is 5.32 Å². The van der Waals surface area contributed by atoms with E-state index in [0.29, 0.717) is 5.56 Å². The van der Waals surface area contributed by atoms with E-state index in [1.807, 2.05) is 44.3 Å². The van der Waals surface area contributed by atoms with Crippen molar-refractivity contribution >= 4 is 28.7 Å². The van der Waals surface area contributed by atoms with E-state index in [0.717, 1.165) is 38.9 Å². The largest absolute Gasteiger partial charge is 0.468 e. The Morgan fingerprint density at radius 1 is 0.972 bits per heavy atom. The summed E-state index contributed by atoms with van der Waals surface area (Å²) in [6.45, 7) is 1.61. The maximum absolute atomic E-state index is 13.6. The third-order valence-electron chi connectivity index (χ3n) is 6.77. The van der Waals surface area contributed by atoms with Crippen molar-refractivity contribution in [1.82, 2.24) is 14.8 Å². The molecule has 1 aromatic heterocycles. The van der Waals surface area contributed by atoms with Crippen LogP contribution in [0.15, 0.2) is 72.8 Å². The van der Waals surface area contributed by atoms with Crippen LogP contribution in [-0.2, 0) is 21.4 Å². The topological polar surface area (TPSA) is 80.6 Å². The van der Waals surface area contributed by atoms with Gasteiger partial charge in [-0.2, -0.15) is 0 Å². The Bertz CT molecular complexity index is 1490. The number of rotatable bonds is 6. The summed E-state index contributed by atoms with van der Waals surface area (Å²) in [6.07, 6.45) is 0. The fraction of sp³-hybridized carbons (Fsp3) is 0.207. The molecule has 36 heavy (non-hydrogen) atoms. The van der Waals surface area contributed by atoms with Crippen LogP contribution in [0, 0.1) is 6.92 Å². The molecule has 0 bridgehead atoms. The van der Waals surface area contributed by atoms with Gasteiger partial charge in [0.15, 0.2) is 0 Å². The number of carbonyl (C=O) groups is 3. The van der Waals surface area contributed by atoms with Gasteiger partial charge in [-0.25, -0.2) is 0 Å². The highest BCUT2D eigenvalue weighted by Crippen LogP contribution is 2.46. The lowest BCUT2D eigenvalue weighted by Gasteiger charge is -2.26. The molecule has 0 saturated carbocycles. The minimum Gasteiger partial charge on any atom is -0.468 e. The summed E-state index contributed by atoms with van der Waals surface area (Å²) in [4.78, 5) is 39.6.